The Labute approximate surface area is 97.6 Å². The van der Waals surface area contributed by atoms with Crippen LogP contribution in [0.15, 0.2) is 18.2 Å². The van der Waals surface area contributed by atoms with E-state index in [4.69, 9.17) is 0 Å². The summed E-state index contributed by atoms with van der Waals surface area (Å²) in [5, 5.41) is 3.73. The molecule has 1 heterocycles. The molecular weight excluding hydrogens is 196 g/mol. The van der Waals surface area contributed by atoms with Gasteiger partial charge in [0.05, 0.1) is 11.4 Å². The number of nitrogens with one attached hydrogen (secondary N) is 1. The van der Waals surface area contributed by atoms with E-state index in [-0.39, 0.29) is 0 Å². The van der Waals surface area contributed by atoms with E-state index in [1.54, 1.807) is 0 Å². The van der Waals surface area contributed by atoms with Gasteiger partial charge in [0.2, 0.25) is 0 Å². The molecule has 2 unspecified atom stereocenters. The molecule has 1 aliphatic carbocycles. The zero-order valence-corrected chi connectivity index (χ0v) is 10.2. The molecule has 0 radical (unpaired) electrons. The molecule has 16 heavy (non-hydrogen) atoms. The molecule has 0 saturated heterocycles. The van der Waals surface area contributed by atoms with Crippen LogP contribution in [-0.2, 0) is 0 Å². The molecule has 2 nitrogen and oxygen atoms in total. The number of anilines is 2. The van der Waals surface area contributed by atoms with E-state index >= 15 is 0 Å². The normalized spacial score (nSPS) is 28.0. The molecule has 2 aliphatic rings. The zero-order valence-electron chi connectivity index (χ0n) is 10.2. The minimum atomic E-state index is 0.660. The first-order valence-corrected chi connectivity index (χ1v) is 6.36. The summed E-state index contributed by atoms with van der Waals surface area (Å²) in [7, 11) is 2.26. The molecule has 0 amide bonds. The van der Waals surface area contributed by atoms with Crippen molar-refractivity contribution in [2.45, 2.75) is 44.7 Å². The minimum absolute atomic E-state index is 0.660. The number of hydrogen-bond acceptors (Lipinski definition) is 2. The molecule has 1 saturated carbocycles. The number of rotatable bonds is 0. The van der Waals surface area contributed by atoms with Gasteiger partial charge in [0.25, 0.3) is 0 Å². The van der Waals surface area contributed by atoms with Gasteiger partial charge in [-0.15, -0.1) is 0 Å². The third-order valence-electron chi connectivity index (χ3n) is 4.16. The summed E-state index contributed by atoms with van der Waals surface area (Å²) in [6, 6.07) is 7.93. The fraction of sp³-hybridized carbons (Fsp3) is 0.571. The SMILES string of the molecule is Cc1cccc2c1N(C)C1CCCCC1N2. The lowest BCUT2D eigenvalue weighted by atomic mass is 9.86. The van der Waals surface area contributed by atoms with Crippen molar-refractivity contribution >= 4 is 11.4 Å². The number of likely N-dealkylation sites (N-methyl/N-ethyl adjacent to an activating group) is 1. The second kappa shape index (κ2) is 3.69. The highest BCUT2D eigenvalue weighted by molar-refractivity contribution is 5.76. The van der Waals surface area contributed by atoms with Gasteiger partial charge in [-0.05, 0) is 31.4 Å². The quantitative estimate of drug-likeness (QED) is 0.716. The summed E-state index contributed by atoms with van der Waals surface area (Å²) >= 11 is 0. The van der Waals surface area contributed by atoms with Gasteiger partial charge in [-0.2, -0.15) is 0 Å². The third kappa shape index (κ3) is 1.40. The molecule has 0 aromatic heterocycles. The van der Waals surface area contributed by atoms with Crippen LogP contribution in [0.3, 0.4) is 0 Å². The zero-order chi connectivity index (χ0) is 11.1. The fourth-order valence-corrected chi connectivity index (χ4v) is 3.35. The van der Waals surface area contributed by atoms with Crippen molar-refractivity contribution in [3.05, 3.63) is 23.8 Å². The van der Waals surface area contributed by atoms with Crippen molar-refractivity contribution < 1.29 is 0 Å². The van der Waals surface area contributed by atoms with Gasteiger partial charge in [-0.1, -0.05) is 25.0 Å². The molecule has 1 aliphatic heterocycles. The lowest BCUT2D eigenvalue weighted by Gasteiger charge is -2.45. The summed E-state index contributed by atoms with van der Waals surface area (Å²) < 4.78 is 0. The average molecular weight is 216 g/mol. The predicted molar refractivity (Wildman–Crippen MR) is 69.2 cm³/mol. The van der Waals surface area contributed by atoms with Crippen molar-refractivity contribution in [1.29, 1.82) is 0 Å². The van der Waals surface area contributed by atoms with Crippen LogP contribution in [-0.4, -0.2) is 19.1 Å². The Kier molecular flexibility index (Phi) is 2.31. The summed E-state index contributed by atoms with van der Waals surface area (Å²) in [6.45, 7) is 2.21. The highest BCUT2D eigenvalue weighted by atomic mass is 15.2. The van der Waals surface area contributed by atoms with E-state index in [0.717, 1.165) is 0 Å². The molecule has 86 valence electrons. The highest BCUT2D eigenvalue weighted by Gasteiger charge is 2.34. The van der Waals surface area contributed by atoms with Crippen LogP contribution >= 0.6 is 0 Å². The minimum Gasteiger partial charge on any atom is -0.379 e. The molecular formula is C14H20N2. The number of fused-ring (bicyclic) bond motifs is 2. The number of nitrogens with zero attached hydrogens (tertiary/aromatic N) is 1. The topological polar surface area (TPSA) is 15.3 Å². The molecule has 1 fully saturated rings. The Morgan fingerprint density at radius 1 is 1.25 bits per heavy atom. The summed E-state index contributed by atoms with van der Waals surface area (Å²) in [6.07, 6.45) is 5.42. The van der Waals surface area contributed by atoms with E-state index in [1.807, 2.05) is 0 Å². The van der Waals surface area contributed by atoms with E-state index in [2.05, 4.69) is 42.4 Å². The smallest absolute Gasteiger partial charge is 0.0632 e. The molecule has 1 N–H and O–H groups in total. The molecule has 2 heteroatoms. The summed E-state index contributed by atoms with van der Waals surface area (Å²) in [5.74, 6) is 0. The van der Waals surface area contributed by atoms with Crippen LogP contribution in [0.1, 0.15) is 31.2 Å². The van der Waals surface area contributed by atoms with Crippen LogP contribution < -0.4 is 10.2 Å². The molecule has 1 aromatic rings. The molecule has 0 bridgehead atoms. The lowest BCUT2D eigenvalue weighted by Crippen LogP contribution is -2.50. The maximum atomic E-state index is 3.73. The van der Waals surface area contributed by atoms with Gasteiger partial charge < -0.3 is 10.2 Å². The third-order valence-corrected chi connectivity index (χ3v) is 4.16. The molecule has 0 spiro atoms. The van der Waals surface area contributed by atoms with E-state index in [0.29, 0.717) is 12.1 Å². The monoisotopic (exact) mass is 216 g/mol. The Morgan fingerprint density at radius 3 is 2.94 bits per heavy atom. The maximum absolute atomic E-state index is 3.73. The fourth-order valence-electron chi connectivity index (χ4n) is 3.35. The number of para-hydroxylation sites is 1. The second-order valence-electron chi connectivity index (χ2n) is 5.18. The maximum Gasteiger partial charge on any atom is 0.0632 e. The van der Waals surface area contributed by atoms with Gasteiger partial charge in [0, 0.05) is 19.1 Å². The van der Waals surface area contributed by atoms with Crippen LogP contribution in [0, 0.1) is 6.92 Å². The molecule has 3 rings (SSSR count). The van der Waals surface area contributed by atoms with Gasteiger partial charge in [-0.3, -0.25) is 0 Å². The first-order valence-electron chi connectivity index (χ1n) is 6.36. The van der Waals surface area contributed by atoms with Crippen molar-refractivity contribution in [2.24, 2.45) is 0 Å². The second-order valence-corrected chi connectivity index (χ2v) is 5.18. The van der Waals surface area contributed by atoms with Crippen molar-refractivity contribution in [3.63, 3.8) is 0 Å². The average Bonchev–Trinajstić information content (AvgIpc) is 2.29. The highest BCUT2D eigenvalue weighted by Crippen LogP contribution is 2.39. The largest absolute Gasteiger partial charge is 0.379 e. The van der Waals surface area contributed by atoms with E-state index in [1.165, 1.54) is 42.6 Å². The Balaban J connectivity index is 2.03. The Bertz CT molecular complexity index is 400. The van der Waals surface area contributed by atoms with Gasteiger partial charge >= 0.3 is 0 Å². The first-order chi connectivity index (χ1) is 7.77. The standard InChI is InChI=1S/C14H20N2/c1-10-6-5-8-12-14(10)16(2)13-9-4-3-7-11(13)15-12/h5-6,8,11,13,15H,3-4,7,9H2,1-2H3. The van der Waals surface area contributed by atoms with Crippen LogP contribution in [0.2, 0.25) is 0 Å². The van der Waals surface area contributed by atoms with Gasteiger partial charge in [0.1, 0.15) is 0 Å². The van der Waals surface area contributed by atoms with Gasteiger partial charge in [-0.25, -0.2) is 0 Å². The molecule has 2 atom stereocenters. The Morgan fingerprint density at radius 2 is 2.06 bits per heavy atom. The molecule has 1 aromatic carbocycles. The Hall–Kier alpha value is -1.18. The summed E-state index contributed by atoms with van der Waals surface area (Å²) in [5.41, 5.74) is 4.12. The van der Waals surface area contributed by atoms with Gasteiger partial charge in [0.15, 0.2) is 0 Å². The number of hydrogen-bond donors (Lipinski definition) is 1. The van der Waals surface area contributed by atoms with Crippen molar-refractivity contribution in [2.75, 3.05) is 17.3 Å². The lowest BCUT2D eigenvalue weighted by molar-refractivity contribution is 0.384. The van der Waals surface area contributed by atoms with Crippen LogP contribution in [0.4, 0.5) is 11.4 Å². The van der Waals surface area contributed by atoms with Crippen molar-refractivity contribution in [3.8, 4) is 0 Å². The first kappa shape index (κ1) is 10.0. The number of benzene rings is 1. The van der Waals surface area contributed by atoms with E-state index in [9.17, 15) is 0 Å². The van der Waals surface area contributed by atoms with Crippen molar-refractivity contribution in [1.82, 2.24) is 0 Å². The summed E-state index contributed by atoms with van der Waals surface area (Å²) in [4.78, 5) is 2.50. The van der Waals surface area contributed by atoms with E-state index < -0.39 is 0 Å². The van der Waals surface area contributed by atoms with Crippen LogP contribution in [0.25, 0.3) is 0 Å². The van der Waals surface area contributed by atoms with Crippen LogP contribution in [0.5, 0.6) is 0 Å². The predicted octanol–water partition coefficient (Wildman–Crippen LogP) is 3.17. The number of aryl methyl sites for hydroxylation is 1.